The third kappa shape index (κ3) is 1.95. The molecule has 2 atom stereocenters. The molecule has 4 nitrogen and oxygen atoms in total. The van der Waals surface area contributed by atoms with Gasteiger partial charge in [0.05, 0.1) is 0 Å². The minimum absolute atomic E-state index is 0.0387. The molecule has 1 aliphatic carbocycles. The lowest BCUT2D eigenvalue weighted by Crippen LogP contribution is -2.76. The number of piperazine rings is 1. The highest BCUT2D eigenvalue weighted by atomic mass is 16.2. The minimum Gasteiger partial charge on any atom is -0.340 e. The van der Waals surface area contributed by atoms with E-state index in [1.54, 1.807) is 0 Å². The summed E-state index contributed by atoms with van der Waals surface area (Å²) < 4.78 is 0. The Labute approximate surface area is 122 Å². The molecule has 114 valence electrons. The first-order chi connectivity index (χ1) is 9.37. The molecule has 2 rings (SSSR count). The molecule has 1 saturated carbocycles. The van der Waals surface area contributed by atoms with Crippen molar-refractivity contribution < 1.29 is 9.59 Å². The van der Waals surface area contributed by atoms with Gasteiger partial charge in [-0.3, -0.25) is 9.59 Å². The van der Waals surface area contributed by atoms with Crippen LogP contribution in [0.4, 0.5) is 0 Å². The standard InChI is InChI=1S/C16H28N2O2/c1-6-11(4)18-14(20)15(5,12-9-10-12)17-13(19)16(18,7-2)8-3/h11-12H,6-10H2,1-5H3,(H,17,19). The lowest BCUT2D eigenvalue weighted by atomic mass is 9.79. The monoisotopic (exact) mass is 280 g/mol. The normalized spacial score (nSPS) is 31.1. The van der Waals surface area contributed by atoms with Crippen LogP contribution in [0.5, 0.6) is 0 Å². The Morgan fingerprint density at radius 1 is 1.25 bits per heavy atom. The number of nitrogens with one attached hydrogen (secondary N) is 1. The van der Waals surface area contributed by atoms with Gasteiger partial charge in [-0.1, -0.05) is 20.8 Å². The van der Waals surface area contributed by atoms with E-state index >= 15 is 0 Å². The average Bonchev–Trinajstić information content (AvgIpc) is 3.26. The largest absolute Gasteiger partial charge is 0.340 e. The van der Waals surface area contributed by atoms with Crippen molar-refractivity contribution in [2.75, 3.05) is 0 Å². The van der Waals surface area contributed by atoms with Crippen LogP contribution >= 0.6 is 0 Å². The van der Waals surface area contributed by atoms with Crippen LogP contribution in [0.3, 0.4) is 0 Å². The number of rotatable bonds is 5. The molecule has 1 saturated heterocycles. The molecular weight excluding hydrogens is 252 g/mol. The van der Waals surface area contributed by atoms with Gasteiger partial charge in [0.15, 0.2) is 0 Å². The van der Waals surface area contributed by atoms with Crippen molar-refractivity contribution in [1.82, 2.24) is 10.2 Å². The number of carbonyl (C=O) groups is 2. The van der Waals surface area contributed by atoms with E-state index in [4.69, 9.17) is 0 Å². The van der Waals surface area contributed by atoms with E-state index in [1.807, 2.05) is 25.7 Å². The maximum absolute atomic E-state index is 13.1. The summed E-state index contributed by atoms with van der Waals surface area (Å²) in [7, 11) is 0. The van der Waals surface area contributed by atoms with Crippen LogP contribution < -0.4 is 5.32 Å². The van der Waals surface area contributed by atoms with Crippen molar-refractivity contribution in [3.8, 4) is 0 Å². The van der Waals surface area contributed by atoms with E-state index in [2.05, 4.69) is 19.2 Å². The Hall–Kier alpha value is -1.06. The van der Waals surface area contributed by atoms with Gasteiger partial charge in [-0.05, 0) is 51.9 Å². The minimum atomic E-state index is -0.686. The Morgan fingerprint density at radius 2 is 1.80 bits per heavy atom. The molecule has 0 aromatic carbocycles. The summed E-state index contributed by atoms with van der Waals surface area (Å²) in [5.41, 5.74) is -1.35. The van der Waals surface area contributed by atoms with Gasteiger partial charge in [0.1, 0.15) is 11.1 Å². The highest BCUT2D eigenvalue weighted by Gasteiger charge is 2.60. The van der Waals surface area contributed by atoms with Gasteiger partial charge < -0.3 is 10.2 Å². The first-order valence-electron chi connectivity index (χ1n) is 8.03. The number of nitrogens with zero attached hydrogens (tertiary/aromatic N) is 1. The van der Waals surface area contributed by atoms with E-state index in [1.165, 1.54) is 0 Å². The van der Waals surface area contributed by atoms with Gasteiger partial charge in [-0.2, -0.15) is 0 Å². The molecule has 1 heterocycles. The van der Waals surface area contributed by atoms with Crippen LogP contribution in [-0.2, 0) is 9.59 Å². The molecule has 20 heavy (non-hydrogen) atoms. The second kappa shape index (κ2) is 5.05. The Balaban J connectivity index is 2.46. The fourth-order valence-corrected chi connectivity index (χ4v) is 3.61. The lowest BCUT2D eigenvalue weighted by Gasteiger charge is -2.53. The van der Waals surface area contributed by atoms with E-state index in [0.717, 1.165) is 19.3 Å². The second-order valence-corrected chi connectivity index (χ2v) is 6.60. The third-order valence-electron chi connectivity index (χ3n) is 5.52. The van der Waals surface area contributed by atoms with Gasteiger partial charge in [-0.25, -0.2) is 0 Å². The molecule has 0 radical (unpaired) electrons. The molecule has 2 amide bonds. The lowest BCUT2D eigenvalue weighted by molar-refractivity contribution is -0.168. The Bertz CT molecular complexity index is 413. The Kier molecular flexibility index (Phi) is 3.87. The third-order valence-corrected chi connectivity index (χ3v) is 5.52. The highest BCUT2D eigenvalue weighted by molar-refractivity contribution is 6.02. The number of carbonyl (C=O) groups excluding carboxylic acids is 2. The zero-order valence-electron chi connectivity index (χ0n) is 13.5. The molecule has 2 fully saturated rings. The fraction of sp³-hybridized carbons (Fsp3) is 0.875. The number of hydrogen-bond donors (Lipinski definition) is 1. The maximum atomic E-state index is 13.1. The summed E-state index contributed by atoms with van der Waals surface area (Å²) >= 11 is 0. The zero-order chi connectivity index (χ0) is 15.1. The summed E-state index contributed by atoms with van der Waals surface area (Å²) in [4.78, 5) is 27.8. The van der Waals surface area contributed by atoms with Crippen LogP contribution in [0, 0.1) is 5.92 Å². The van der Waals surface area contributed by atoms with Crippen LogP contribution in [0.1, 0.15) is 66.7 Å². The van der Waals surface area contributed by atoms with Crippen molar-refractivity contribution >= 4 is 11.8 Å². The summed E-state index contributed by atoms with van der Waals surface area (Å²) in [5, 5.41) is 3.08. The smallest absolute Gasteiger partial charge is 0.249 e. The molecule has 0 aromatic heterocycles. The molecule has 1 aliphatic heterocycles. The predicted molar refractivity (Wildman–Crippen MR) is 79.2 cm³/mol. The quantitative estimate of drug-likeness (QED) is 0.841. The van der Waals surface area contributed by atoms with Crippen molar-refractivity contribution in [3.63, 3.8) is 0 Å². The molecule has 0 spiro atoms. The van der Waals surface area contributed by atoms with Gasteiger partial charge in [0.2, 0.25) is 11.8 Å². The molecule has 0 bridgehead atoms. The first kappa shape index (κ1) is 15.3. The van der Waals surface area contributed by atoms with Crippen LogP contribution in [0.15, 0.2) is 0 Å². The SMILES string of the molecule is CCC(C)N1C(=O)C(C)(C2CC2)NC(=O)C1(CC)CC. The molecular formula is C16H28N2O2. The van der Waals surface area contributed by atoms with E-state index in [9.17, 15) is 9.59 Å². The first-order valence-corrected chi connectivity index (χ1v) is 8.03. The topological polar surface area (TPSA) is 49.4 Å². The molecule has 2 aliphatic rings. The van der Waals surface area contributed by atoms with Gasteiger partial charge in [0.25, 0.3) is 0 Å². The molecule has 1 N–H and O–H groups in total. The van der Waals surface area contributed by atoms with E-state index < -0.39 is 11.1 Å². The van der Waals surface area contributed by atoms with Gasteiger partial charge in [0, 0.05) is 6.04 Å². The number of amides is 2. The van der Waals surface area contributed by atoms with Crippen LogP contribution in [0.25, 0.3) is 0 Å². The highest BCUT2D eigenvalue weighted by Crippen LogP contribution is 2.45. The van der Waals surface area contributed by atoms with Crippen molar-refractivity contribution in [3.05, 3.63) is 0 Å². The fourth-order valence-electron chi connectivity index (χ4n) is 3.61. The molecule has 2 unspecified atom stereocenters. The summed E-state index contributed by atoms with van der Waals surface area (Å²) in [5.74, 6) is 0.478. The van der Waals surface area contributed by atoms with Gasteiger partial charge >= 0.3 is 0 Å². The van der Waals surface area contributed by atoms with Crippen LogP contribution in [0.2, 0.25) is 0 Å². The van der Waals surface area contributed by atoms with E-state index in [0.29, 0.717) is 18.8 Å². The van der Waals surface area contributed by atoms with E-state index in [-0.39, 0.29) is 17.9 Å². The summed E-state index contributed by atoms with van der Waals surface area (Å²) in [6.45, 7) is 10.1. The second-order valence-electron chi connectivity index (χ2n) is 6.60. The zero-order valence-corrected chi connectivity index (χ0v) is 13.5. The number of hydrogen-bond acceptors (Lipinski definition) is 2. The summed E-state index contributed by atoms with van der Waals surface area (Å²) in [6.07, 6.45) is 4.31. The maximum Gasteiger partial charge on any atom is 0.249 e. The molecule has 0 aromatic rings. The predicted octanol–water partition coefficient (Wildman–Crippen LogP) is 2.47. The van der Waals surface area contributed by atoms with Crippen molar-refractivity contribution in [2.24, 2.45) is 5.92 Å². The Morgan fingerprint density at radius 3 is 2.20 bits per heavy atom. The van der Waals surface area contributed by atoms with Crippen LogP contribution in [-0.4, -0.2) is 33.8 Å². The van der Waals surface area contributed by atoms with Crippen molar-refractivity contribution in [2.45, 2.75) is 83.8 Å². The molecule has 4 heteroatoms. The van der Waals surface area contributed by atoms with Crippen molar-refractivity contribution in [1.29, 1.82) is 0 Å². The average molecular weight is 280 g/mol. The van der Waals surface area contributed by atoms with Gasteiger partial charge in [-0.15, -0.1) is 0 Å². The summed E-state index contributed by atoms with van der Waals surface area (Å²) in [6, 6.07) is 0.103.